The van der Waals surface area contributed by atoms with Crippen LogP contribution in [0.25, 0.3) is 10.4 Å². The number of likely N-dealkylation sites (N-methyl/N-ethyl adjacent to an activating group) is 1. The summed E-state index contributed by atoms with van der Waals surface area (Å²) in [5, 5.41) is 3.54. The molecule has 0 N–H and O–H groups in total. The van der Waals surface area contributed by atoms with Crippen molar-refractivity contribution in [1.82, 2.24) is 14.9 Å². The summed E-state index contributed by atoms with van der Waals surface area (Å²) >= 11 is 0. The molecule has 148 valence electrons. The Labute approximate surface area is 157 Å². The van der Waals surface area contributed by atoms with Gasteiger partial charge in [0.15, 0.2) is 0 Å². The summed E-state index contributed by atoms with van der Waals surface area (Å²) < 4.78 is 16.2. The third-order valence-corrected chi connectivity index (χ3v) is 3.50. The van der Waals surface area contributed by atoms with Crippen molar-refractivity contribution in [2.24, 2.45) is 5.11 Å². The zero-order valence-electron chi connectivity index (χ0n) is 16.1. The predicted octanol–water partition coefficient (Wildman–Crippen LogP) is 2.50. The number of carbonyl (C=O) groups excluding carboxylic acids is 1. The SMILES string of the molecule is CN(CCOc1cc(N=[N+]=[N-])nc(N2CCOCC2)n1)C(=O)OC(C)(C)C. The maximum Gasteiger partial charge on any atom is 0.410 e. The summed E-state index contributed by atoms with van der Waals surface area (Å²) in [5.74, 6) is 0.856. The molecule has 0 saturated carbocycles. The number of rotatable bonds is 6. The number of azide groups is 1. The molecule has 0 aliphatic carbocycles. The molecule has 2 heterocycles. The van der Waals surface area contributed by atoms with Crippen LogP contribution in [0.15, 0.2) is 11.2 Å². The van der Waals surface area contributed by atoms with Crippen molar-refractivity contribution in [3.05, 3.63) is 16.5 Å². The first-order chi connectivity index (χ1) is 12.8. The normalized spacial score (nSPS) is 14.3. The topological polar surface area (TPSA) is 126 Å². The zero-order chi connectivity index (χ0) is 19.9. The van der Waals surface area contributed by atoms with Crippen LogP contribution in [-0.2, 0) is 9.47 Å². The van der Waals surface area contributed by atoms with Crippen molar-refractivity contribution in [2.45, 2.75) is 26.4 Å². The fourth-order valence-corrected chi connectivity index (χ4v) is 2.20. The molecule has 11 nitrogen and oxygen atoms in total. The van der Waals surface area contributed by atoms with Gasteiger partial charge in [-0.2, -0.15) is 4.98 Å². The molecular formula is C16H25N7O4. The standard InChI is InChI=1S/C16H25N7O4/c1-16(2,3)27-15(24)22(4)5-10-26-13-11-12(20-21-17)18-14(19-13)23-6-8-25-9-7-23/h11H,5-10H2,1-4H3. The number of ether oxygens (including phenoxy) is 3. The van der Waals surface area contributed by atoms with Crippen LogP contribution in [0, 0.1) is 0 Å². The Kier molecular flexibility index (Phi) is 7.03. The first-order valence-electron chi connectivity index (χ1n) is 8.62. The first-order valence-corrected chi connectivity index (χ1v) is 8.62. The summed E-state index contributed by atoms with van der Waals surface area (Å²) in [7, 11) is 1.63. The van der Waals surface area contributed by atoms with Gasteiger partial charge in [0, 0.05) is 31.1 Å². The lowest BCUT2D eigenvalue weighted by Crippen LogP contribution is -2.37. The highest BCUT2D eigenvalue weighted by Gasteiger charge is 2.20. The highest BCUT2D eigenvalue weighted by atomic mass is 16.6. The van der Waals surface area contributed by atoms with E-state index in [1.165, 1.54) is 11.0 Å². The van der Waals surface area contributed by atoms with Crippen molar-refractivity contribution in [1.29, 1.82) is 0 Å². The van der Waals surface area contributed by atoms with Crippen LogP contribution < -0.4 is 9.64 Å². The minimum Gasteiger partial charge on any atom is -0.476 e. The smallest absolute Gasteiger partial charge is 0.410 e. The Bertz CT molecular complexity index is 694. The van der Waals surface area contributed by atoms with Gasteiger partial charge in [-0.15, -0.1) is 0 Å². The van der Waals surface area contributed by atoms with E-state index < -0.39 is 11.7 Å². The summed E-state index contributed by atoms with van der Waals surface area (Å²) in [4.78, 5) is 26.7. The van der Waals surface area contributed by atoms with Gasteiger partial charge in [0.2, 0.25) is 11.8 Å². The number of nitrogens with zero attached hydrogens (tertiary/aromatic N) is 7. The maximum atomic E-state index is 11.9. The molecule has 1 saturated heterocycles. The highest BCUT2D eigenvalue weighted by molar-refractivity contribution is 5.67. The van der Waals surface area contributed by atoms with Crippen molar-refractivity contribution >= 4 is 17.9 Å². The monoisotopic (exact) mass is 379 g/mol. The molecule has 0 aromatic carbocycles. The van der Waals surface area contributed by atoms with Gasteiger partial charge in [0.25, 0.3) is 0 Å². The Hall–Kier alpha value is -2.78. The number of amides is 1. The number of hydrogen-bond donors (Lipinski definition) is 0. The van der Waals surface area contributed by atoms with Crippen LogP contribution in [0.5, 0.6) is 5.88 Å². The Morgan fingerprint density at radius 2 is 2.11 bits per heavy atom. The van der Waals surface area contributed by atoms with E-state index in [2.05, 4.69) is 20.0 Å². The average molecular weight is 379 g/mol. The molecule has 27 heavy (non-hydrogen) atoms. The van der Waals surface area contributed by atoms with Crippen molar-refractivity contribution in [2.75, 3.05) is 51.4 Å². The number of hydrogen-bond acceptors (Lipinski definition) is 8. The number of anilines is 1. The molecule has 0 spiro atoms. The molecule has 1 aromatic heterocycles. The van der Waals surface area contributed by atoms with E-state index in [0.717, 1.165) is 0 Å². The van der Waals surface area contributed by atoms with Crippen molar-refractivity contribution in [3.63, 3.8) is 0 Å². The zero-order valence-corrected chi connectivity index (χ0v) is 16.1. The summed E-state index contributed by atoms with van der Waals surface area (Å²) in [5.41, 5.74) is 8.12. The predicted molar refractivity (Wildman–Crippen MR) is 98.2 cm³/mol. The molecule has 1 aliphatic rings. The van der Waals surface area contributed by atoms with Gasteiger partial charge >= 0.3 is 6.09 Å². The van der Waals surface area contributed by atoms with Gasteiger partial charge in [-0.25, -0.2) is 9.78 Å². The lowest BCUT2D eigenvalue weighted by Gasteiger charge is -2.27. The molecule has 1 aromatic rings. The van der Waals surface area contributed by atoms with E-state index in [4.69, 9.17) is 19.7 Å². The van der Waals surface area contributed by atoms with Crippen LogP contribution >= 0.6 is 0 Å². The van der Waals surface area contributed by atoms with Crippen LogP contribution in [0.3, 0.4) is 0 Å². The largest absolute Gasteiger partial charge is 0.476 e. The molecule has 2 rings (SSSR count). The first kappa shape index (κ1) is 20.5. The molecular weight excluding hydrogens is 354 g/mol. The minimum absolute atomic E-state index is 0.171. The summed E-state index contributed by atoms with van der Waals surface area (Å²) in [6, 6.07) is 1.46. The van der Waals surface area contributed by atoms with E-state index in [1.807, 2.05) is 4.90 Å². The van der Waals surface area contributed by atoms with Crippen LogP contribution in [0.1, 0.15) is 20.8 Å². The van der Waals surface area contributed by atoms with Gasteiger partial charge in [0.1, 0.15) is 18.0 Å². The lowest BCUT2D eigenvalue weighted by molar-refractivity contribution is 0.0277. The number of aromatic nitrogens is 2. The number of morpholine rings is 1. The Morgan fingerprint density at radius 1 is 1.41 bits per heavy atom. The molecule has 1 amide bonds. The molecule has 0 unspecified atom stereocenters. The Morgan fingerprint density at radius 3 is 2.74 bits per heavy atom. The van der Waals surface area contributed by atoms with Gasteiger partial charge in [-0.3, -0.25) is 0 Å². The fraction of sp³-hybridized carbons (Fsp3) is 0.688. The average Bonchev–Trinajstić information content (AvgIpc) is 2.61. The van der Waals surface area contributed by atoms with Crippen molar-refractivity contribution in [3.8, 4) is 5.88 Å². The van der Waals surface area contributed by atoms with E-state index in [-0.39, 0.29) is 18.3 Å². The third kappa shape index (κ3) is 6.80. The molecule has 0 bridgehead atoms. The molecule has 0 atom stereocenters. The van der Waals surface area contributed by atoms with Crippen LogP contribution in [0.4, 0.5) is 16.6 Å². The summed E-state index contributed by atoms with van der Waals surface area (Å²) in [6.07, 6.45) is -0.433. The fourth-order valence-electron chi connectivity index (χ4n) is 2.20. The van der Waals surface area contributed by atoms with Gasteiger partial charge < -0.3 is 24.0 Å². The van der Waals surface area contributed by atoms with Crippen LogP contribution in [-0.4, -0.2) is 73.1 Å². The second-order valence-electron chi connectivity index (χ2n) is 6.90. The molecule has 1 fully saturated rings. The second-order valence-corrected chi connectivity index (χ2v) is 6.90. The van der Waals surface area contributed by atoms with E-state index >= 15 is 0 Å². The van der Waals surface area contributed by atoms with Gasteiger partial charge in [-0.1, -0.05) is 0 Å². The molecule has 0 radical (unpaired) electrons. The lowest BCUT2D eigenvalue weighted by atomic mass is 10.2. The van der Waals surface area contributed by atoms with Gasteiger partial charge in [0.05, 0.1) is 19.8 Å². The number of carbonyl (C=O) groups is 1. The van der Waals surface area contributed by atoms with E-state index in [9.17, 15) is 4.79 Å². The third-order valence-electron chi connectivity index (χ3n) is 3.50. The van der Waals surface area contributed by atoms with Crippen LogP contribution in [0.2, 0.25) is 0 Å². The van der Waals surface area contributed by atoms with E-state index in [1.54, 1.807) is 27.8 Å². The molecule has 1 aliphatic heterocycles. The second kappa shape index (κ2) is 9.24. The summed E-state index contributed by atoms with van der Waals surface area (Å²) in [6.45, 7) is 8.36. The molecule has 11 heteroatoms. The van der Waals surface area contributed by atoms with Crippen molar-refractivity contribution < 1.29 is 19.0 Å². The van der Waals surface area contributed by atoms with Gasteiger partial charge in [-0.05, 0) is 31.4 Å². The highest BCUT2D eigenvalue weighted by Crippen LogP contribution is 2.22. The Balaban J connectivity index is 1.99. The van der Waals surface area contributed by atoms with E-state index in [0.29, 0.717) is 38.8 Å². The maximum absolute atomic E-state index is 11.9. The quantitative estimate of drug-likeness (QED) is 0.422. The minimum atomic E-state index is -0.559.